The topological polar surface area (TPSA) is 53.5 Å². The number of likely N-dealkylation sites (tertiary alicyclic amines) is 1. The average Bonchev–Trinajstić information content (AvgIpc) is 3.10. The fourth-order valence-electron chi connectivity index (χ4n) is 4.28. The number of carbonyl (C=O) groups excluding carboxylic acids is 2. The lowest BCUT2D eigenvalue weighted by Gasteiger charge is -2.36. The number of likely N-dealkylation sites (N-methyl/N-ethyl adjacent to an activating group) is 1. The van der Waals surface area contributed by atoms with Gasteiger partial charge < -0.3 is 9.80 Å². The molecule has 0 atom stereocenters. The Morgan fingerprint density at radius 1 is 1.10 bits per heavy atom. The smallest absolute Gasteiger partial charge is 0.272 e. The van der Waals surface area contributed by atoms with Crippen molar-refractivity contribution in [2.75, 3.05) is 20.1 Å². The number of fused-ring (bicyclic) bond motifs is 3. The molecular weight excluding hydrogens is 362 g/mol. The molecule has 0 saturated carbocycles. The molecule has 1 aromatic heterocycles. The molecule has 0 unspecified atom stereocenters. The number of allylic oxidation sites excluding steroid dienone is 1. The molecule has 29 heavy (non-hydrogen) atoms. The zero-order chi connectivity index (χ0) is 20.5. The minimum absolute atomic E-state index is 0.0195. The van der Waals surface area contributed by atoms with E-state index in [-0.39, 0.29) is 17.9 Å². The van der Waals surface area contributed by atoms with Crippen LogP contribution in [0.25, 0.3) is 11.1 Å². The summed E-state index contributed by atoms with van der Waals surface area (Å²) in [6, 6.07) is 10.4. The first-order valence-electron chi connectivity index (χ1n) is 10.2. The van der Waals surface area contributed by atoms with Gasteiger partial charge in [0, 0.05) is 44.9 Å². The van der Waals surface area contributed by atoms with Gasteiger partial charge in [-0.15, -0.1) is 0 Å². The number of piperidine rings is 1. The van der Waals surface area contributed by atoms with Gasteiger partial charge in [-0.05, 0) is 55.0 Å². The molecule has 0 bridgehead atoms. The number of aromatic nitrogens is 1. The molecule has 5 nitrogen and oxygen atoms in total. The van der Waals surface area contributed by atoms with E-state index < -0.39 is 0 Å². The van der Waals surface area contributed by atoms with Crippen LogP contribution in [0.2, 0.25) is 0 Å². The van der Waals surface area contributed by atoms with Crippen LogP contribution in [0.5, 0.6) is 0 Å². The molecule has 2 aromatic rings. The second kappa shape index (κ2) is 7.82. The highest BCUT2D eigenvalue weighted by molar-refractivity contribution is 5.94. The van der Waals surface area contributed by atoms with Crippen LogP contribution in [0.1, 0.15) is 48.3 Å². The van der Waals surface area contributed by atoms with Gasteiger partial charge >= 0.3 is 0 Å². The zero-order valence-corrected chi connectivity index (χ0v) is 17.3. The molecule has 0 N–H and O–H groups in total. The summed E-state index contributed by atoms with van der Waals surface area (Å²) in [5.41, 5.74) is 6.31. The molecule has 1 aliphatic heterocycles. The SMILES string of the molecule is CC(C)=CC(=O)N(C)C1CCN(C(=O)c2cc3c(cn2)Cc2ccccc2-3)CC1. The van der Waals surface area contributed by atoms with Crippen molar-refractivity contribution in [2.45, 2.75) is 39.2 Å². The Labute approximate surface area is 172 Å². The van der Waals surface area contributed by atoms with E-state index >= 15 is 0 Å². The highest BCUT2D eigenvalue weighted by Crippen LogP contribution is 2.36. The molecule has 2 heterocycles. The fourth-order valence-corrected chi connectivity index (χ4v) is 4.28. The molecule has 1 saturated heterocycles. The van der Waals surface area contributed by atoms with Crippen molar-refractivity contribution in [3.05, 3.63) is 65.0 Å². The van der Waals surface area contributed by atoms with Crippen molar-refractivity contribution >= 4 is 11.8 Å². The average molecular weight is 389 g/mol. The van der Waals surface area contributed by atoms with E-state index in [0.717, 1.165) is 30.4 Å². The van der Waals surface area contributed by atoms with Gasteiger partial charge in [0.1, 0.15) is 5.69 Å². The molecular formula is C24H27N3O2. The Hall–Kier alpha value is -2.95. The van der Waals surface area contributed by atoms with Crippen molar-refractivity contribution in [1.29, 1.82) is 0 Å². The summed E-state index contributed by atoms with van der Waals surface area (Å²) in [5, 5.41) is 0. The van der Waals surface area contributed by atoms with Crippen molar-refractivity contribution in [1.82, 2.24) is 14.8 Å². The van der Waals surface area contributed by atoms with Crippen molar-refractivity contribution in [3.63, 3.8) is 0 Å². The maximum absolute atomic E-state index is 13.0. The maximum Gasteiger partial charge on any atom is 0.272 e. The molecule has 5 heteroatoms. The summed E-state index contributed by atoms with van der Waals surface area (Å²) in [6.45, 7) is 5.14. The summed E-state index contributed by atoms with van der Waals surface area (Å²) >= 11 is 0. The van der Waals surface area contributed by atoms with E-state index in [9.17, 15) is 9.59 Å². The van der Waals surface area contributed by atoms with E-state index in [2.05, 4.69) is 17.1 Å². The van der Waals surface area contributed by atoms with Gasteiger partial charge in [-0.1, -0.05) is 29.8 Å². The summed E-state index contributed by atoms with van der Waals surface area (Å²) in [4.78, 5) is 33.4. The van der Waals surface area contributed by atoms with E-state index in [1.54, 1.807) is 11.0 Å². The highest BCUT2D eigenvalue weighted by Gasteiger charge is 2.29. The molecule has 0 spiro atoms. The first-order chi connectivity index (χ1) is 13.9. The van der Waals surface area contributed by atoms with Crippen LogP contribution in [-0.4, -0.2) is 52.8 Å². The maximum atomic E-state index is 13.0. The number of hydrogen-bond acceptors (Lipinski definition) is 3. The second-order valence-corrected chi connectivity index (χ2v) is 8.25. The lowest BCUT2D eigenvalue weighted by Crippen LogP contribution is -2.47. The number of carbonyl (C=O) groups is 2. The number of benzene rings is 1. The normalized spacial score (nSPS) is 15.5. The van der Waals surface area contributed by atoms with Crippen LogP contribution in [0.15, 0.2) is 48.2 Å². The van der Waals surface area contributed by atoms with Crippen molar-refractivity contribution < 1.29 is 9.59 Å². The van der Waals surface area contributed by atoms with Crippen LogP contribution in [0, 0.1) is 0 Å². The molecule has 2 aliphatic rings. The van der Waals surface area contributed by atoms with Crippen molar-refractivity contribution in [2.24, 2.45) is 0 Å². The third kappa shape index (κ3) is 3.82. The third-order valence-electron chi connectivity index (χ3n) is 5.95. The minimum atomic E-state index is -0.0195. The van der Waals surface area contributed by atoms with Gasteiger partial charge in [-0.25, -0.2) is 0 Å². The van der Waals surface area contributed by atoms with E-state index in [1.807, 2.05) is 50.2 Å². The zero-order valence-electron chi connectivity index (χ0n) is 17.3. The van der Waals surface area contributed by atoms with E-state index in [0.29, 0.717) is 18.8 Å². The van der Waals surface area contributed by atoms with Gasteiger partial charge in [0.25, 0.3) is 5.91 Å². The summed E-state index contributed by atoms with van der Waals surface area (Å²) in [5.74, 6) is 0.0163. The van der Waals surface area contributed by atoms with Gasteiger partial charge in [0.05, 0.1) is 0 Å². The Morgan fingerprint density at radius 3 is 2.55 bits per heavy atom. The number of nitrogens with zero attached hydrogens (tertiary/aromatic N) is 3. The predicted octanol–water partition coefficient (Wildman–Crippen LogP) is 3.68. The van der Waals surface area contributed by atoms with Crippen LogP contribution < -0.4 is 0 Å². The number of pyridine rings is 1. The molecule has 1 fully saturated rings. The Kier molecular flexibility index (Phi) is 5.22. The van der Waals surface area contributed by atoms with Gasteiger partial charge in [-0.2, -0.15) is 0 Å². The third-order valence-corrected chi connectivity index (χ3v) is 5.95. The number of amides is 2. The lowest BCUT2D eigenvalue weighted by atomic mass is 10.0. The first kappa shape index (κ1) is 19.4. The van der Waals surface area contributed by atoms with Gasteiger partial charge in [0.2, 0.25) is 5.91 Å². The predicted molar refractivity (Wildman–Crippen MR) is 114 cm³/mol. The second-order valence-electron chi connectivity index (χ2n) is 8.25. The molecule has 150 valence electrons. The number of rotatable bonds is 3. The van der Waals surface area contributed by atoms with Crippen LogP contribution in [-0.2, 0) is 11.2 Å². The standard InChI is InChI=1S/C24H27N3O2/c1-16(2)12-23(28)26(3)19-8-10-27(11-9-19)24(29)22-14-21-18(15-25-22)13-17-6-4-5-7-20(17)21/h4-7,12,14-15,19H,8-11,13H2,1-3H3. The molecule has 1 aromatic carbocycles. The highest BCUT2D eigenvalue weighted by atomic mass is 16.2. The first-order valence-corrected chi connectivity index (χ1v) is 10.2. The lowest BCUT2D eigenvalue weighted by molar-refractivity contribution is -0.127. The van der Waals surface area contributed by atoms with Gasteiger partial charge in [0.15, 0.2) is 0 Å². The minimum Gasteiger partial charge on any atom is -0.339 e. The Morgan fingerprint density at radius 2 is 1.83 bits per heavy atom. The van der Waals surface area contributed by atoms with E-state index in [1.165, 1.54) is 16.7 Å². The quantitative estimate of drug-likeness (QED) is 0.642. The van der Waals surface area contributed by atoms with Crippen LogP contribution >= 0.6 is 0 Å². The summed E-state index contributed by atoms with van der Waals surface area (Å²) < 4.78 is 0. The van der Waals surface area contributed by atoms with E-state index in [4.69, 9.17) is 0 Å². The number of hydrogen-bond donors (Lipinski definition) is 0. The fraction of sp³-hybridized carbons (Fsp3) is 0.375. The van der Waals surface area contributed by atoms with Crippen molar-refractivity contribution in [3.8, 4) is 11.1 Å². The van der Waals surface area contributed by atoms with Gasteiger partial charge in [-0.3, -0.25) is 14.6 Å². The molecule has 0 radical (unpaired) electrons. The summed E-state index contributed by atoms with van der Waals surface area (Å²) in [6.07, 6.45) is 5.98. The largest absolute Gasteiger partial charge is 0.339 e. The summed E-state index contributed by atoms with van der Waals surface area (Å²) in [7, 11) is 1.85. The van der Waals surface area contributed by atoms with Crippen LogP contribution in [0.3, 0.4) is 0 Å². The Balaban J connectivity index is 1.44. The monoisotopic (exact) mass is 389 g/mol. The molecule has 1 aliphatic carbocycles. The van der Waals surface area contributed by atoms with Crippen LogP contribution in [0.4, 0.5) is 0 Å². The Bertz CT molecular complexity index is 983. The molecule has 4 rings (SSSR count). The molecule has 2 amide bonds.